The Bertz CT molecular complexity index is 635. The molecule has 0 bridgehead atoms. The first-order chi connectivity index (χ1) is 11.7. The normalized spacial score (nSPS) is 11.4. The first-order valence-electron chi connectivity index (χ1n) is 8.21. The van der Waals surface area contributed by atoms with Gasteiger partial charge in [0.2, 0.25) is 0 Å². The first-order valence-corrected chi connectivity index (χ1v) is 8.21. The zero-order valence-electron chi connectivity index (χ0n) is 14.6. The third kappa shape index (κ3) is 5.57. The van der Waals surface area contributed by atoms with E-state index in [9.17, 15) is 0 Å². The van der Waals surface area contributed by atoms with Crippen molar-refractivity contribution in [2.24, 2.45) is 12.0 Å². The standard InChI is InChI=1S/C17H26N6O/c1-4-18-17(20-12-16-21-13-22-23(16)2)19-11-5-6-14-7-9-15(24-3)10-8-14/h7-10,13H,4-6,11-12H2,1-3H3,(H2,18,19,20). The first kappa shape index (κ1) is 17.8. The van der Waals surface area contributed by atoms with Gasteiger partial charge in [-0.1, -0.05) is 12.1 Å². The van der Waals surface area contributed by atoms with Gasteiger partial charge in [0.25, 0.3) is 0 Å². The van der Waals surface area contributed by atoms with Crippen LogP contribution in [0.3, 0.4) is 0 Å². The highest BCUT2D eigenvalue weighted by Gasteiger charge is 2.01. The molecule has 0 aliphatic rings. The number of aliphatic imine (C=N–C) groups is 1. The fraction of sp³-hybridized carbons (Fsp3) is 0.471. The third-order valence-electron chi connectivity index (χ3n) is 3.62. The number of nitrogens with zero attached hydrogens (tertiary/aromatic N) is 4. The van der Waals surface area contributed by atoms with Gasteiger partial charge in [0.1, 0.15) is 24.4 Å². The highest BCUT2D eigenvalue weighted by molar-refractivity contribution is 5.79. The SMILES string of the molecule is CCNC(=NCc1ncnn1C)NCCCc1ccc(OC)cc1. The zero-order valence-corrected chi connectivity index (χ0v) is 14.6. The van der Waals surface area contributed by atoms with Crippen LogP contribution in [-0.2, 0) is 20.0 Å². The third-order valence-corrected chi connectivity index (χ3v) is 3.62. The molecule has 0 spiro atoms. The number of aryl methyl sites for hydroxylation is 2. The second-order valence-electron chi connectivity index (χ2n) is 5.37. The number of methoxy groups -OCH3 is 1. The van der Waals surface area contributed by atoms with Gasteiger partial charge in [-0.3, -0.25) is 4.68 Å². The lowest BCUT2D eigenvalue weighted by atomic mass is 10.1. The van der Waals surface area contributed by atoms with Crippen molar-refractivity contribution in [2.75, 3.05) is 20.2 Å². The highest BCUT2D eigenvalue weighted by Crippen LogP contribution is 2.12. The minimum atomic E-state index is 0.504. The molecule has 0 atom stereocenters. The van der Waals surface area contributed by atoms with Crippen LogP contribution in [0, 0.1) is 0 Å². The minimum absolute atomic E-state index is 0.504. The zero-order chi connectivity index (χ0) is 17.2. The molecule has 0 amide bonds. The number of rotatable bonds is 8. The molecular formula is C17H26N6O. The van der Waals surface area contributed by atoms with Crippen LogP contribution in [0.2, 0.25) is 0 Å². The van der Waals surface area contributed by atoms with E-state index in [1.165, 1.54) is 5.56 Å². The maximum atomic E-state index is 5.17. The van der Waals surface area contributed by atoms with Gasteiger partial charge < -0.3 is 15.4 Å². The Labute approximate surface area is 143 Å². The number of nitrogens with one attached hydrogen (secondary N) is 2. The van der Waals surface area contributed by atoms with Gasteiger partial charge in [0.05, 0.1) is 7.11 Å². The van der Waals surface area contributed by atoms with Crippen LogP contribution in [0.1, 0.15) is 24.7 Å². The lowest BCUT2D eigenvalue weighted by Crippen LogP contribution is -2.38. The molecule has 24 heavy (non-hydrogen) atoms. The van der Waals surface area contributed by atoms with E-state index in [1.807, 2.05) is 19.2 Å². The minimum Gasteiger partial charge on any atom is -0.497 e. The molecule has 0 unspecified atom stereocenters. The Morgan fingerprint density at radius 1 is 1.25 bits per heavy atom. The van der Waals surface area contributed by atoms with Crippen LogP contribution in [-0.4, -0.2) is 40.9 Å². The molecule has 0 aliphatic carbocycles. The molecule has 7 heteroatoms. The van der Waals surface area contributed by atoms with Crippen molar-refractivity contribution >= 4 is 5.96 Å². The maximum absolute atomic E-state index is 5.17. The van der Waals surface area contributed by atoms with E-state index in [1.54, 1.807) is 18.1 Å². The molecule has 7 nitrogen and oxygen atoms in total. The number of ether oxygens (including phenoxy) is 1. The molecule has 0 saturated heterocycles. The average molecular weight is 330 g/mol. The molecule has 0 radical (unpaired) electrons. The fourth-order valence-electron chi connectivity index (χ4n) is 2.25. The number of aromatic nitrogens is 3. The molecule has 2 N–H and O–H groups in total. The van der Waals surface area contributed by atoms with Gasteiger partial charge in [0, 0.05) is 20.1 Å². The van der Waals surface area contributed by atoms with Gasteiger partial charge in [-0.2, -0.15) is 5.10 Å². The van der Waals surface area contributed by atoms with E-state index in [4.69, 9.17) is 4.74 Å². The second-order valence-corrected chi connectivity index (χ2v) is 5.37. The molecule has 1 heterocycles. The van der Waals surface area contributed by atoms with Crippen LogP contribution in [0.25, 0.3) is 0 Å². The van der Waals surface area contributed by atoms with E-state index in [0.717, 1.165) is 43.5 Å². The van der Waals surface area contributed by atoms with Crippen LogP contribution >= 0.6 is 0 Å². The van der Waals surface area contributed by atoms with Crippen LogP contribution in [0.5, 0.6) is 5.75 Å². The highest BCUT2D eigenvalue weighted by atomic mass is 16.5. The molecule has 130 valence electrons. The molecule has 1 aromatic carbocycles. The molecule has 2 aromatic rings. The summed E-state index contributed by atoms with van der Waals surface area (Å²) in [6.45, 7) is 4.24. The summed E-state index contributed by atoms with van der Waals surface area (Å²) < 4.78 is 6.90. The summed E-state index contributed by atoms with van der Waals surface area (Å²) >= 11 is 0. The average Bonchev–Trinajstić information content (AvgIpc) is 3.02. The topological polar surface area (TPSA) is 76.4 Å². The van der Waals surface area contributed by atoms with E-state index < -0.39 is 0 Å². The molecule has 2 rings (SSSR count). The molecular weight excluding hydrogens is 304 g/mol. The van der Waals surface area contributed by atoms with Crippen molar-refractivity contribution in [2.45, 2.75) is 26.3 Å². The van der Waals surface area contributed by atoms with E-state index in [-0.39, 0.29) is 0 Å². The summed E-state index contributed by atoms with van der Waals surface area (Å²) in [5, 5.41) is 10.6. The molecule has 0 aliphatic heterocycles. The molecule has 0 fully saturated rings. The predicted octanol–water partition coefficient (Wildman–Crippen LogP) is 1.51. The number of hydrogen-bond acceptors (Lipinski definition) is 4. The van der Waals surface area contributed by atoms with Gasteiger partial charge >= 0.3 is 0 Å². The maximum Gasteiger partial charge on any atom is 0.191 e. The van der Waals surface area contributed by atoms with Gasteiger partial charge in [-0.05, 0) is 37.5 Å². The summed E-state index contributed by atoms with van der Waals surface area (Å²) in [6.07, 6.45) is 3.58. The predicted molar refractivity (Wildman–Crippen MR) is 95.1 cm³/mol. The number of hydrogen-bond donors (Lipinski definition) is 2. The van der Waals surface area contributed by atoms with Gasteiger partial charge in [0.15, 0.2) is 5.96 Å². The van der Waals surface area contributed by atoms with Crippen molar-refractivity contribution in [1.29, 1.82) is 0 Å². The summed E-state index contributed by atoms with van der Waals surface area (Å²) in [5.41, 5.74) is 1.30. The second kappa shape index (κ2) is 9.54. The number of guanidine groups is 1. The van der Waals surface area contributed by atoms with Gasteiger partial charge in [-0.15, -0.1) is 0 Å². The lowest BCUT2D eigenvalue weighted by Gasteiger charge is -2.11. The summed E-state index contributed by atoms with van der Waals surface area (Å²) in [7, 11) is 3.55. The lowest BCUT2D eigenvalue weighted by molar-refractivity contribution is 0.414. The molecule has 1 aromatic heterocycles. The van der Waals surface area contributed by atoms with Crippen molar-refractivity contribution < 1.29 is 4.74 Å². The Morgan fingerprint density at radius 3 is 2.67 bits per heavy atom. The van der Waals surface area contributed by atoms with Crippen molar-refractivity contribution in [3.63, 3.8) is 0 Å². The van der Waals surface area contributed by atoms with Crippen LogP contribution in [0.4, 0.5) is 0 Å². The smallest absolute Gasteiger partial charge is 0.191 e. The Kier molecular flexibility index (Phi) is 7.07. The Hall–Kier alpha value is -2.57. The van der Waals surface area contributed by atoms with Gasteiger partial charge in [-0.25, -0.2) is 9.98 Å². The fourth-order valence-corrected chi connectivity index (χ4v) is 2.25. The van der Waals surface area contributed by atoms with Crippen molar-refractivity contribution in [3.05, 3.63) is 42.0 Å². The van der Waals surface area contributed by atoms with E-state index in [0.29, 0.717) is 6.54 Å². The quantitative estimate of drug-likeness (QED) is 0.436. The molecule has 0 saturated carbocycles. The summed E-state index contributed by atoms with van der Waals surface area (Å²) in [4.78, 5) is 8.72. The van der Waals surface area contributed by atoms with E-state index >= 15 is 0 Å². The van der Waals surface area contributed by atoms with Crippen LogP contribution < -0.4 is 15.4 Å². The monoisotopic (exact) mass is 330 g/mol. The van der Waals surface area contributed by atoms with Crippen molar-refractivity contribution in [1.82, 2.24) is 25.4 Å². The number of benzene rings is 1. The summed E-state index contributed by atoms with van der Waals surface area (Å²) in [6, 6.07) is 8.20. The van der Waals surface area contributed by atoms with E-state index in [2.05, 4.69) is 44.8 Å². The van der Waals surface area contributed by atoms with Crippen LogP contribution in [0.15, 0.2) is 35.6 Å². The Morgan fingerprint density at radius 2 is 2.04 bits per heavy atom. The summed E-state index contributed by atoms with van der Waals surface area (Å²) in [5.74, 6) is 2.53. The largest absolute Gasteiger partial charge is 0.497 e. The van der Waals surface area contributed by atoms with Crippen molar-refractivity contribution in [3.8, 4) is 5.75 Å². The Balaban J connectivity index is 1.77.